The van der Waals surface area contributed by atoms with Gasteiger partial charge in [-0.25, -0.2) is 4.98 Å². The molecule has 4 heteroatoms. The number of anilines is 1. The molecule has 0 saturated carbocycles. The number of aryl methyl sites for hydroxylation is 1. The van der Waals surface area contributed by atoms with Gasteiger partial charge in [-0.1, -0.05) is 12.8 Å². The minimum Gasteiger partial charge on any atom is -0.369 e. The number of aromatic amines is 1. The molecule has 0 bridgehead atoms. The summed E-state index contributed by atoms with van der Waals surface area (Å²) in [4.78, 5) is 7.00. The van der Waals surface area contributed by atoms with Gasteiger partial charge in [0.15, 0.2) is 5.95 Å². The fourth-order valence-electron chi connectivity index (χ4n) is 1.39. The molecule has 1 heterocycles. The van der Waals surface area contributed by atoms with E-state index >= 15 is 0 Å². The van der Waals surface area contributed by atoms with Crippen LogP contribution in [0.2, 0.25) is 0 Å². The third kappa shape index (κ3) is 6.03. The minimum atomic E-state index is 0. The Morgan fingerprint density at radius 2 is 2.07 bits per heavy atom. The average Bonchev–Trinajstić information content (AvgIpc) is 2.58. The van der Waals surface area contributed by atoms with Crippen LogP contribution in [0.15, 0.2) is 6.20 Å². The summed E-state index contributed by atoms with van der Waals surface area (Å²) in [6, 6.07) is 0. The number of hydrogen-bond donors (Lipinski definition) is 2. The molecule has 0 aromatic carbocycles. The van der Waals surface area contributed by atoms with Crippen LogP contribution in [0.25, 0.3) is 0 Å². The highest BCUT2D eigenvalue weighted by Crippen LogP contribution is 2.07. The Kier molecular flexibility index (Phi) is 7.57. The van der Waals surface area contributed by atoms with Crippen molar-refractivity contribution in [3.8, 4) is 12.3 Å². The summed E-state index contributed by atoms with van der Waals surface area (Å²) in [6.45, 7) is 0. The van der Waals surface area contributed by atoms with Crippen molar-refractivity contribution < 1.29 is 0 Å². The fraction of sp³-hybridized carbons (Fsp3) is 0.545. The summed E-state index contributed by atoms with van der Waals surface area (Å²) < 4.78 is 0. The molecule has 0 atom stereocenters. The first-order chi connectivity index (χ1) is 6.83. The van der Waals surface area contributed by atoms with Crippen LogP contribution >= 0.6 is 12.4 Å². The molecule has 84 valence electrons. The molecule has 3 N–H and O–H groups in total. The van der Waals surface area contributed by atoms with Gasteiger partial charge in [0.2, 0.25) is 0 Å². The maximum atomic E-state index is 5.46. The highest BCUT2D eigenvalue weighted by atomic mass is 35.5. The third-order valence-electron chi connectivity index (χ3n) is 2.15. The summed E-state index contributed by atoms with van der Waals surface area (Å²) in [5, 5.41) is 0. The first kappa shape index (κ1) is 13.9. The molecule has 0 aliphatic heterocycles. The van der Waals surface area contributed by atoms with Crippen LogP contribution in [0.3, 0.4) is 0 Å². The zero-order valence-corrected chi connectivity index (χ0v) is 9.65. The summed E-state index contributed by atoms with van der Waals surface area (Å²) in [5.41, 5.74) is 6.51. The second-order valence-electron chi connectivity index (χ2n) is 3.40. The average molecular weight is 228 g/mol. The predicted molar refractivity (Wildman–Crippen MR) is 65.9 cm³/mol. The van der Waals surface area contributed by atoms with Gasteiger partial charge < -0.3 is 10.7 Å². The van der Waals surface area contributed by atoms with Crippen LogP contribution in [0.4, 0.5) is 5.95 Å². The molecule has 0 aliphatic carbocycles. The smallest absolute Gasteiger partial charge is 0.197 e. The van der Waals surface area contributed by atoms with E-state index in [4.69, 9.17) is 12.2 Å². The zero-order valence-electron chi connectivity index (χ0n) is 8.83. The van der Waals surface area contributed by atoms with Crippen molar-refractivity contribution in [3.05, 3.63) is 11.9 Å². The standard InChI is InChI=1S/C11H17N3.ClH/c1-2-3-4-5-6-7-8-10-9-13-11(12)14-10;/h1,9H,3-8H2,(H3,12,13,14);1H. The number of imidazole rings is 1. The maximum Gasteiger partial charge on any atom is 0.197 e. The molecule has 15 heavy (non-hydrogen) atoms. The van der Waals surface area contributed by atoms with Crippen molar-refractivity contribution in [1.29, 1.82) is 0 Å². The van der Waals surface area contributed by atoms with Gasteiger partial charge in [0, 0.05) is 12.6 Å². The van der Waals surface area contributed by atoms with E-state index in [0.29, 0.717) is 5.95 Å². The molecular formula is C11H18ClN3. The van der Waals surface area contributed by atoms with E-state index in [2.05, 4.69) is 15.9 Å². The number of nitrogens with zero attached hydrogens (tertiary/aromatic N) is 1. The Hall–Kier alpha value is -1.14. The van der Waals surface area contributed by atoms with Gasteiger partial charge in [-0.15, -0.1) is 24.8 Å². The molecule has 0 aliphatic rings. The van der Waals surface area contributed by atoms with E-state index in [1.165, 1.54) is 12.8 Å². The Labute approximate surface area is 97.3 Å². The Bertz CT molecular complexity index is 301. The summed E-state index contributed by atoms with van der Waals surface area (Å²) >= 11 is 0. The maximum absolute atomic E-state index is 5.46. The van der Waals surface area contributed by atoms with Crippen LogP contribution in [-0.2, 0) is 6.42 Å². The number of aromatic nitrogens is 2. The molecule has 0 saturated heterocycles. The van der Waals surface area contributed by atoms with Gasteiger partial charge in [-0.2, -0.15) is 0 Å². The van der Waals surface area contributed by atoms with Crippen molar-refractivity contribution in [2.45, 2.75) is 38.5 Å². The van der Waals surface area contributed by atoms with E-state index in [9.17, 15) is 0 Å². The Morgan fingerprint density at radius 3 is 2.67 bits per heavy atom. The lowest BCUT2D eigenvalue weighted by Crippen LogP contribution is -1.88. The van der Waals surface area contributed by atoms with E-state index in [1.807, 2.05) is 6.20 Å². The van der Waals surface area contributed by atoms with Crippen LogP contribution < -0.4 is 5.73 Å². The molecule has 1 aromatic rings. The number of nitrogens with two attached hydrogens (primary N) is 1. The van der Waals surface area contributed by atoms with E-state index in [0.717, 1.165) is 31.4 Å². The highest BCUT2D eigenvalue weighted by Gasteiger charge is 1.97. The molecule has 0 spiro atoms. The number of hydrogen-bond acceptors (Lipinski definition) is 2. The zero-order chi connectivity index (χ0) is 10.2. The monoisotopic (exact) mass is 227 g/mol. The molecule has 0 radical (unpaired) electrons. The Morgan fingerprint density at radius 1 is 1.33 bits per heavy atom. The molecule has 3 nitrogen and oxygen atoms in total. The number of terminal acetylenes is 1. The van der Waals surface area contributed by atoms with Crippen LogP contribution in [0.1, 0.15) is 37.8 Å². The largest absolute Gasteiger partial charge is 0.369 e. The van der Waals surface area contributed by atoms with Crippen molar-refractivity contribution in [1.82, 2.24) is 9.97 Å². The van der Waals surface area contributed by atoms with E-state index in [1.54, 1.807) is 0 Å². The summed E-state index contributed by atoms with van der Waals surface area (Å²) in [7, 11) is 0. The molecule has 0 unspecified atom stereocenters. The van der Waals surface area contributed by atoms with Crippen LogP contribution in [-0.4, -0.2) is 9.97 Å². The van der Waals surface area contributed by atoms with E-state index in [-0.39, 0.29) is 12.4 Å². The first-order valence-electron chi connectivity index (χ1n) is 5.06. The predicted octanol–water partition coefficient (Wildman–Crippen LogP) is 2.54. The quantitative estimate of drug-likeness (QED) is 0.580. The lowest BCUT2D eigenvalue weighted by atomic mass is 10.1. The SMILES string of the molecule is C#CCCCCCCc1c[nH]c(N)n1.Cl. The van der Waals surface area contributed by atoms with Crippen molar-refractivity contribution in [2.75, 3.05) is 5.73 Å². The normalized spacial score (nSPS) is 9.27. The Balaban J connectivity index is 0.00000196. The van der Waals surface area contributed by atoms with Crippen molar-refractivity contribution in [3.63, 3.8) is 0 Å². The summed E-state index contributed by atoms with van der Waals surface area (Å²) in [5.74, 6) is 3.15. The minimum absolute atomic E-state index is 0. The van der Waals surface area contributed by atoms with E-state index < -0.39 is 0 Å². The number of nitrogens with one attached hydrogen (secondary N) is 1. The molecule has 0 fully saturated rings. The molecule has 0 amide bonds. The number of H-pyrrole nitrogens is 1. The lowest BCUT2D eigenvalue weighted by molar-refractivity contribution is 0.646. The summed E-state index contributed by atoms with van der Waals surface area (Å²) in [6.07, 6.45) is 13.7. The van der Waals surface area contributed by atoms with Gasteiger partial charge in [0.1, 0.15) is 0 Å². The van der Waals surface area contributed by atoms with Crippen LogP contribution in [0, 0.1) is 12.3 Å². The van der Waals surface area contributed by atoms with Gasteiger partial charge >= 0.3 is 0 Å². The number of halogens is 1. The van der Waals surface area contributed by atoms with Crippen molar-refractivity contribution >= 4 is 18.4 Å². The van der Waals surface area contributed by atoms with Gasteiger partial charge in [0.05, 0.1) is 5.69 Å². The van der Waals surface area contributed by atoms with Gasteiger partial charge in [-0.3, -0.25) is 0 Å². The number of unbranched alkanes of at least 4 members (excludes halogenated alkanes) is 4. The van der Waals surface area contributed by atoms with Gasteiger partial charge in [-0.05, 0) is 19.3 Å². The number of nitrogen functional groups attached to an aromatic ring is 1. The van der Waals surface area contributed by atoms with Crippen molar-refractivity contribution in [2.24, 2.45) is 0 Å². The van der Waals surface area contributed by atoms with Gasteiger partial charge in [0.25, 0.3) is 0 Å². The van der Waals surface area contributed by atoms with Crippen LogP contribution in [0.5, 0.6) is 0 Å². The first-order valence-corrected chi connectivity index (χ1v) is 5.06. The molecule has 1 aromatic heterocycles. The molecular weight excluding hydrogens is 210 g/mol. The number of rotatable bonds is 6. The second-order valence-corrected chi connectivity index (χ2v) is 3.40. The fourth-order valence-corrected chi connectivity index (χ4v) is 1.39. The molecule has 1 rings (SSSR count). The topological polar surface area (TPSA) is 54.7 Å². The highest BCUT2D eigenvalue weighted by molar-refractivity contribution is 5.85. The lowest BCUT2D eigenvalue weighted by Gasteiger charge is -1.96. The second kappa shape index (κ2) is 8.19. The third-order valence-corrected chi connectivity index (χ3v) is 2.15.